The number of nitrogens with one attached hydrogen (secondary N) is 1. The lowest BCUT2D eigenvalue weighted by Crippen LogP contribution is -2.30. The summed E-state index contributed by atoms with van der Waals surface area (Å²) in [5.74, 6) is 8.34. The third-order valence-electron chi connectivity index (χ3n) is 9.72. The number of halogens is 4. The Kier molecular flexibility index (Phi) is 14.9. The first-order chi connectivity index (χ1) is 30.9. The molecule has 2 saturated heterocycles. The minimum Gasteiger partial charge on any atom is -0.448 e. The molecule has 64 heavy (non-hydrogen) atoms. The molecule has 7 aromatic rings. The monoisotopic (exact) mass is 902 g/mol. The van der Waals surface area contributed by atoms with Crippen molar-refractivity contribution < 1.29 is 36.5 Å². The first kappa shape index (κ1) is 45.2. The third kappa shape index (κ3) is 11.6. The van der Waals surface area contributed by atoms with E-state index in [0.717, 1.165) is 78.1 Å². The number of hydrogen-bond donors (Lipinski definition) is 4. The van der Waals surface area contributed by atoms with E-state index in [-0.39, 0.29) is 40.3 Å². The maximum absolute atomic E-state index is 13.8. The van der Waals surface area contributed by atoms with Gasteiger partial charge in [-0.1, -0.05) is 42.1 Å². The van der Waals surface area contributed by atoms with Gasteiger partial charge < -0.3 is 41.7 Å². The Labute approximate surface area is 366 Å². The molecule has 9 rings (SSSR count). The van der Waals surface area contributed by atoms with Crippen LogP contribution in [-0.2, 0) is 15.2 Å². The summed E-state index contributed by atoms with van der Waals surface area (Å²) >= 11 is 1.40. The van der Waals surface area contributed by atoms with Crippen LogP contribution in [0.5, 0.6) is 23.0 Å². The van der Waals surface area contributed by atoms with Crippen LogP contribution in [0.3, 0.4) is 0 Å². The predicted molar refractivity (Wildman–Crippen MR) is 232 cm³/mol. The number of aromatic nitrogens is 6. The zero-order chi connectivity index (χ0) is 45.2. The average molecular weight is 903 g/mol. The number of nitrogens with two attached hydrogens (primary N) is 3. The van der Waals surface area contributed by atoms with Crippen molar-refractivity contribution in [3.05, 3.63) is 141 Å². The largest absolute Gasteiger partial charge is 0.448 e. The van der Waals surface area contributed by atoms with Gasteiger partial charge in [0, 0.05) is 79.6 Å². The number of anilines is 1. The van der Waals surface area contributed by atoms with Gasteiger partial charge in [-0.25, -0.2) is 41.9 Å². The van der Waals surface area contributed by atoms with E-state index in [1.165, 1.54) is 36.3 Å². The molecule has 2 aliphatic heterocycles. The Morgan fingerprint density at radius 1 is 0.672 bits per heavy atom. The highest BCUT2D eigenvalue weighted by Gasteiger charge is 2.18. The SMILES string of the molecule is NC1CCOCC1.Nn1c(=O)c(Oc2ccc(F)cc2F)cc2cnc(NC3CCOCC3)nc21.Nn1c(=O)c(Oc2ccc(F)cc2F)cc2cnc(SCc3ccccc3)nc21. The van der Waals surface area contributed by atoms with Crippen LogP contribution in [0.4, 0.5) is 23.5 Å². The van der Waals surface area contributed by atoms with E-state index in [1.807, 2.05) is 30.3 Å². The van der Waals surface area contributed by atoms with Gasteiger partial charge in [0.25, 0.3) is 0 Å². The lowest BCUT2D eigenvalue weighted by molar-refractivity contribution is 0.0866. The van der Waals surface area contributed by atoms with E-state index < -0.39 is 34.4 Å². The van der Waals surface area contributed by atoms with E-state index in [4.69, 9.17) is 36.4 Å². The molecule has 0 radical (unpaired) electrons. The molecule has 0 unspecified atom stereocenters. The molecule has 0 atom stereocenters. The van der Waals surface area contributed by atoms with Crippen molar-refractivity contribution >= 4 is 39.8 Å². The van der Waals surface area contributed by atoms with Crippen LogP contribution >= 0.6 is 11.8 Å². The van der Waals surface area contributed by atoms with Crippen molar-refractivity contribution in [1.29, 1.82) is 0 Å². The smallest absolute Gasteiger partial charge is 0.313 e. The number of nitrogens with zero attached hydrogens (tertiary/aromatic N) is 6. The third-order valence-corrected chi connectivity index (χ3v) is 10.6. The van der Waals surface area contributed by atoms with Gasteiger partial charge in [-0.05, 0) is 67.6 Å². The van der Waals surface area contributed by atoms with Gasteiger partial charge in [0.15, 0.2) is 51.1 Å². The Morgan fingerprint density at radius 2 is 1.19 bits per heavy atom. The Morgan fingerprint density at radius 3 is 1.70 bits per heavy atom. The predicted octanol–water partition coefficient (Wildman–Crippen LogP) is 6.16. The lowest BCUT2D eigenvalue weighted by atomic mass is 10.1. The normalized spacial score (nSPS) is 14.3. The second kappa shape index (κ2) is 21.0. The zero-order valence-electron chi connectivity index (χ0n) is 34.0. The van der Waals surface area contributed by atoms with Gasteiger partial charge in [-0.3, -0.25) is 9.59 Å². The number of fused-ring (bicyclic) bond motifs is 2. The van der Waals surface area contributed by atoms with Crippen LogP contribution in [0, 0.1) is 23.3 Å². The van der Waals surface area contributed by atoms with Crippen LogP contribution in [0.1, 0.15) is 31.2 Å². The second-order valence-electron chi connectivity index (χ2n) is 14.4. The van der Waals surface area contributed by atoms with Crippen molar-refractivity contribution in [2.45, 2.75) is 48.7 Å². The molecule has 0 saturated carbocycles. The molecule has 0 amide bonds. The zero-order valence-corrected chi connectivity index (χ0v) is 34.8. The van der Waals surface area contributed by atoms with Crippen molar-refractivity contribution in [3.63, 3.8) is 0 Å². The van der Waals surface area contributed by atoms with E-state index in [0.29, 0.717) is 59.0 Å². The van der Waals surface area contributed by atoms with Crippen molar-refractivity contribution in [1.82, 2.24) is 29.3 Å². The Balaban J connectivity index is 0.000000166. The topological polar surface area (TPSA) is 223 Å². The molecule has 334 valence electrons. The first-order valence-electron chi connectivity index (χ1n) is 19.9. The molecule has 2 fully saturated rings. The fourth-order valence-corrected chi connectivity index (χ4v) is 7.04. The van der Waals surface area contributed by atoms with Crippen LogP contribution in [0.25, 0.3) is 22.1 Å². The molecule has 2 aliphatic rings. The number of ether oxygens (including phenoxy) is 4. The summed E-state index contributed by atoms with van der Waals surface area (Å²) in [5.41, 5.74) is 5.65. The van der Waals surface area contributed by atoms with Gasteiger partial charge in [-0.2, -0.15) is 4.98 Å². The lowest BCUT2D eigenvalue weighted by Gasteiger charge is -2.23. The number of pyridine rings is 2. The van der Waals surface area contributed by atoms with Crippen molar-refractivity contribution in [2.75, 3.05) is 43.4 Å². The molecule has 7 N–H and O–H groups in total. The minimum absolute atomic E-state index is 0.174. The summed E-state index contributed by atoms with van der Waals surface area (Å²) < 4.78 is 76.3. The number of benzene rings is 3. The molecule has 0 spiro atoms. The highest BCUT2D eigenvalue weighted by atomic mass is 32.2. The van der Waals surface area contributed by atoms with E-state index in [2.05, 4.69) is 25.3 Å². The fraction of sp³-hybridized carbons (Fsp3) is 0.256. The first-order valence-corrected chi connectivity index (χ1v) is 20.9. The summed E-state index contributed by atoms with van der Waals surface area (Å²) in [6.07, 6.45) is 6.73. The van der Waals surface area contributed by atoms with Gasteiger partial charge in [0.05, 0.1) is 0 Å². The molecule has 16 nitrogen and oxygen atoms in total. The van der Waals surface area contributed by atoms with Gasteiger partial charge >= 0.3 is 11.1 Å². The minimum atomic E-state index is -0.935. The molecule has 3 aromatic carbocycles. The maximum atomic E-state index is 13.8. The molecule has 4 aromatic heterocycles. The molecule has 6 heterocycles. The van der Waals surface area contributed by atoms with Gasteiger partial charge in [0.2, 0.25) is 5.95 Å². The summed E-state index contributed by atoms with van der Waals surface area (Å²) in [6.45, 7) is 3.04. The molecular formula is C43H42F4N10O6S. The standard InChI is InChI=1S/C20H14F2N4O2S.C18H17F2N5O3.C5H11NO/c21-14-6-7-16(15(22)9-14)28-17-8-13-10-24-20(25-18(13)26(23)19(17)27)29-11-12-4-2-1-3-5-12;19-11-1-2-14(13(20)8-11)28-15-7-10-9-22-18(23-12-3-5-27-6-4-12)24-16(10)25(21)17(15)26;6-5-1-3-7-4-2-5/h1-10H,11,23H2;1-2,7-9,12H,3-6,21H2,(H,22,23,24);5H,1-4,6H2. The van der Waals surface area contributed by atoms with Gasteiger partial charge in [0.1, 0.15) is 11.6 Å². The highest BCUT2D eigenvalue weighted by Crippen LogP contribution is 2.27. The molecule has 0 bridgehead atoms. The molecule has 0 aliphatic carbocycles. The van der Waals surface area contributed by atoms with E-state index in [1.54, 1.807) is 0 Å². The summed E-state index contributed by atoms with van der Waals surface area (Å²) in [4.78, 5) is 42.1. The maximum Gasteiger partial charge on any atom is 0.313 e. The molecule has 21 heteroatoms. The highest BCUT2D eigenvalue weighted by molar-refractivity contribution is 7.98. The van der Waals surface area contributed by atoms with Crippen LogP contribution in [0.2, 0.25) is 0 Å². The Hall–Kier alpha value is -6.81. The summed E-state index contributed by atoms with van der Waals surface area (Å²) in [7, 11) is 0. The summed E-state index contributed by atoms with van der Waals surface area (Å²) in [6, 6.07) is 18.7. The van der Waals surface area contributed by atoms with E-state index >= 15 is 0 Å². The van der Waals surface area contributed by atoms with Crippen LogP contribution in [0.15, 0.2) is 106 Å². The number of nitrogen functional groups attached to an aromatic ring is 2. The second-order valence-corrected chi connectivity index (χ2v) is 15.3. The molecular weight excluding hydrogens is 861 g/mol. The van der Waals surface area contributed by atoms with Crippen LogP contribution in [-0.4, -0.2) is 67.8 Å². The average Bonchev–Trinajstić information content (AvgIpc) is 3.30. The van der Waals surface area contributed by atoms with Crippen molar-refractivity contribution in [3.8, 4) is 23.0 Å². The number of thioether (sulfide) groups is 1. The Bertz CT molecular complexity index is 2850. The number of rotatable bonds is 9. The van der Waals surface area contributed by atoms with Crippen molar-refractivity contribution in [2.24, 2.45) is 5.73 Å². The van der Waals surface area contributed by atoms with Crippen LogP contribution < -0.4 is 43.3 Å². The fourth-order valence-electron chi connectivity index (χ4n) is 6.27. The summed E-state index contributed by atoms with van der Waals surface area (Å²) in [5, 5.41) is 4.52. The van der Waals surface area contributed by atoms with Gasteiger partial charge in [-0.15, -0.1) is 0 Å². The van der Waals surface area contributed by atoms with E-state index in [9.17, 15) is 27.2 Å². The number of hydrogen-bond acceptors (Lipinski definition) is 15. The quantitative estimate of drug-likeness (QED) is 0.0552.